The number of rotatable bonds is 1. The maximum absolute atomic E-state index is 6.26. The molecule has 3 rings (SSSR count). The number of ether oxygens (including phenoxy) is 2. The van der Waals surface area contributed by atoms with Gasteiger partial charge >= 0.3 is 0 Å². The lowest BCUT2D eigenvalue weighted by molar-refractivity contribution is 0.0115. The Labute approximate surface area is 115 Å². The van der Waals surface area contributed by atoms with Gasteiger partial charge in [0.1, 0.15) is 17.1 Å². The van der Waals surface area contributed by atoms with Crippen molar-refractivity contribution in [3.63, 3.8) is 0 Å². The number of methoxy groups -OCH3 is 1. The van der Waals surface area contributed by atoms with Crippen LogP contribution in [0.4, 0.5) is 0 Å². The van der Waals surface area contributed by atoms with E-state index < -0.39 is 0 Å². The Bertz CT molecular complexity index is 528. The van der Waals surface area contributed by atoms with Crippen LogP contribution in [0, 0.1) is 5.92 Å². The molecular weight excluding hydrogens is 236 g/mol. The molecule has 2 atom stereocenters. The van der Waals surface area contributed by atoms with E-state index in [2.05, 4.69) is 32.9 Å². The summed E-state index contributed by atoms with van der Waals surface area (Å²) in [7, 11) is 1.70. The Kier molecular flexibility index (Phi) is 2.84. The second kappa shape index (κ2) is 4.29. The molecule has 2 unspecified atom stereocenters. The Morgan fingerprint density at radius 2 is 2.11 bits per heavy atom. The maximum atomic E-state index is 6.26. The minimum absolute atomic E-state index is 0.110. The lowest BCUT2D eigenvalue weighted by Gasteiger charge is -2.46. The van der Waals surface area contributed by atoms with E-state index in [9.17, 15) is 0 Å². The molecule has 1 aliphatic carbocycles. The van der Waals surface area contributed by atoms with Crippen LogP contribution in [-0.2, 0) is 0 Å². The standard InChI is InChI=1S/C17H22O2/c1-11-5-8-15-14(9-11)13-7-6-12(18-4)10-16(13)19-17(15,2)3/h6-7,9-10,14-15H,5,8H2,1-4H3. The monoisotopic (exact) mass is 258 g/mol. The van der Waals surface area contributed by atoms with Gasteiger partial charge < -0.3 is 9.47 Å². The van der Waals surface area contributed by atoms with E-state index in [4.69, 9.17) is 9.47 Å². The van der Waals surface area contributed by atoms with Crippen LogP contribution in [0.25, 0.3) is 0 Å². The summed E-state index contributed by atoms with van der Waals surface area (Å²) >= 11 is 0. The van der Waals surface area contributed by atoms with E-state index in [0.717, 1.165) is 11.5 Å². The molecule has 0 amide bonds. The third kappa shape index (κ3) is 2.03. The second-order valence-corrected chi connectivity index (χ2v) is 6.29. The average molecular weight is 258 g/mol. The molecule has 0 saturated carbocycles. The first-order valence-corrected chi connectivity index (χ1v) is 7.05. The molecule has 0 spiro atoms. The van der Waals surface area contributed by atoms with Crippen LogP contribution in [0.15, 0.2) is 29.8 Å². The van der Waals surface area contributed by atoms with E-state index in [-0.39, 0.29) is 5.60 Å². The highest BCUT2D eigenvalue weighted by Crippen LogP contribution is 2.51. The summed E-state index contributed by atoms with van der Waals surface area (Å²) in [4.78, 5) is 0. The van der Waals surface area contributed by atoms with Crippen molar-refractivity contribution >= 4 is 0 Å². The fraction of sp³-hybridized carbons (Fsp3) is 0.529. The molecule has 0 fully saturated rings. The summed E-state index contributed by atoms with van der Waals surface area (Å²) in [5, 5.41) is 0. The first-order valence-electron chi connectivity index (χ1n) is 7.05. The van der Waals surface area contributed by atoms with Crippen molar-refractivity contribution in [3.05, 3.63) is 35.4 Å². The lowest BCUT2D eigenvalue weighted by atomic mass is 9.68. The van der Waals surface area contributed by atoms with Gasteiger partial charge in [-0.2, -0.15) is 0 Å². The summed E-state index contributed by atoms with van der Waals surface area (Å²) in [5.74, 6) is 2.90. The van der Waals surface area contributed by atoms with Crippen LogP contribution in [0.5, 0.6) is 11.5 Å². The molecule has 0 aromatic heterocycles. The third-order valence-corrected chi connectivity index (χ3v) is 4.59. The molecular formula is C17H22O2. The van der Waals surface area contributed by atoms with E-state index in [1.807, 2.05) is 12.1 Å². The van der Waals surface area contributed by atoms with Crippen LogP contribution in [0.2, 0.25) is 0 Å². The van der Waals surface area contributed by atoms with Crippen molar-refractivity contribution in [2.45, 2.75) is 45.1 Å². The fourth-order valence-electron chi connectivity index (χ4n) is 3.52. The molecule has 0 radical (unpaired) electrons. The Morgan fingerprint density at radius 3 is 2.84 bits per heavy atom. The highest BCUT2D eigenvalue weighted by Gasteiger charge is 2.43. The lowest BCUT2D eigenvalue weighted by Crippen LogP contribution is -2.45. The molecule has 2 aliphatic rings. The summed E-state index contributed by atoms with van der Waals surface area (Å²) in [6.07, 6.45) is 4.84. The number of fused-ring (bicyclic) bond motifs is 3. The molecule has 1 aromatic carbocycles. The first kappa shape index (κ1) is 12.6. The van der Waals surface area contributed by atoms with Crippen molar-refractivity contribution in [1.82, 2.24) is 0 Å². The van der Waals surface area contributed by atoms with E-state index in [1.54, 1.807) is 7.11 Å². The molecule has 0 saturated heterocycles. The maximum Gasteiger partial charge on any atom is 0.127 e. The molecule has 1 aliphatic heterocycles. The molecule has 1 aromatic rings. The molecule has 2 heteroatoms. The molecule has 19 heavy (non-hydrogen) atoms. The van der Waals surface area contributed by atoms with Gasteiger partial charge in [-0.05, 0) is 39.7 Å². The number of benzene rings is 1. The number of allylic oxidation sites excluding steroid dienone is 2. The van der Waals surface area contributed by atoms with E-state index >= 15 is 0 Å². The number of hydrogen-bond donors (Lipinski definition) is 0. The predicted octanol–water partition coefficient (Wildman–Crippen LogP) is 4.31. The summed E-state index contributed by atoms with van der Waals surface area (Å²) in [6.45, 7) is 6.66. The zero-order valence-corrected chi connectivity index (χ0v) is 12.2. The number of hydrogen-bond acceptors (Lipinski definition) is 2. The van der Waals surface area contributed by atoms with Gasteiger partial charge in [0.2, 0.25) is 0 Å². The zero-order chi connectivity index (χ0) is 13.6. The van der Waals surface area contributed by atoms with Gasteiger partial charge in [0.15, 0.2) is 0 Å². The SMILES string of the molecule is COc1ccc2c(c1)OC(C)(C)C1CCC(C)=CC21. The van der Waals surface area contributed by atoms with Crippen molar-refractivity contribution in [3.8, 4) is 11.5 Å². The predicted molar refractivity (Wildman–Crippen MR) is 76.9 cm³/mol. The minimum atomic E-state index is -0.110. The fourth-order valence-corrected chi connectivity index (χ4v) is 3.52. The highest BCUT2D eigenvalue weighted by atomic mass is 16.5. The van der Waals surface area contributed by atoms with Crippen molar-refractivity contribution in [2.75, 3.05) is 7.11 Å². The second-order valence-electron chi connectivity index (χ2n) is 6.29. The summed E-state index contributed by atoms with van der Waals surface area (Å²) in [6, 6.07) is 6.22. The highest BCUT2D eigenvalue weighted by molar-refractivity contribution is 5.47. The van der Waals surface area contributed by atoms with Gasteiger partial charge in [-0.1, -0.05) is 17.7 Å². The van der Waals surface area contributed by atoms with Crippen LogP contribution < -0.4 is 9.47 Å². The minimum Gasteiger partial charge on any atom is -0.497 e. The van der Waals surface area contributed by atoms with Crippen molar-refractivity contribution < 1.29 is 9.47 Å². The largest absolute Gasteiger partial charge is 0.497 e. The molecule has 1 heterocycles. The third-order valence-electron chi connectivity index (χ3n) is 4.59. The van der Waals surface area contributed by atoms with E-state index in [0.29, 0.717) is 11.8 Å². The summed E-state index contributed by atoms with van der Waals surface area (Å²) < 4.78 is 11.6. The quantitative estimate of drug-likeness (QED) is 0.699. The van der Waals surface area contributed by atoms with Crippen LogP contribution >= 0.6 is 0 Å². The first-order chi connectivity index (χ1) is 9.01. The van der Waals surface area contributed by atoms with Crippen LogP contribution in [0.1, 0.15) is 45.1 Å². The molecule has 0 bridgehead atoms. The van der Waals surface area contributed by atoms with Gasteiger partial charge in [-0.25, -0.2) is 0 Å². The zero-order valence-electron chi connectivity index (χ0n) is 12.2. The molecule has 0 N–H and O–H groups in total. The Balaban J connectivity index is 2.11. The van der Waals surface area contributed by atoms with Gasteiger partial charge in [-0.15, -0.1) is 0 Å². The molecule has 2 nitrogen and oxygen atoms in total. The van der Waals surface area contributed by atoms with Crippen molar-refractivity contribution in [1.29, 1.82) is 0 Å². The smallest absolute Gasteiger partial charge is 0.127 e. The van der Waals surface area contributed by atoms with Gasteiger partial charge in [0, 0.05) is 23.5 Å². The Morgan fingerprint density at radius 1 is 1.32 bits per heavy atom. The Hall–Kier alpha value is -1.44. The van der Waals surface area contributed by atoms with Gasteiger partial charge in [0.25, 0.3) is 0 Å². The molecule has 102 valence electrons. The van der Waals surface area contributed by atoms with Gasteiger partial charge in [-0.3, -0.25) is 0 Å². The van der Waals surface area contributed by atoms with Crippen LogP contribution in [0.3, 0.4) is 0 Å². The van der Waals surface area contributed by atoms with Gasteiger partial charge in [0.05, 0.1) is 7.11 Å². The normalized spacial score (nSPS) is 27.7. The topological polar surface area (TPSA) is 18.5 Å². The van der Waals surface area contributed by atoms with Crippen molar-refractivity contribution in [2.24, 2.45) is 5.92 Å². The average Bonchev–Trinajstić information content (AvgIpc) is 2.37. The van der Waals surface area contributed by atoms with Crippen LogP contribution in [-0.4, -0.2) is 12.7 Å². The summed E-state index contributed by atoms with van der Waals surface area (Å²) in [5.41, 5.74) is 2.70. The van der Waals surface area contributed by atoms with E-state index in [1.165, 1.54) is 24.0 Å².